The summed E-state index contributed by atoms with van der Waals surface area (Å²) in [6.07, 6.45) is 0. The Morgan fingerprint density at radius 1 is 1.10 bits per heavy atom. The van der Waals surface area contributed by atoms with Crippen LogP contribution < -0.4 is 14.5 Å². The summed E-state index contributed by atoms with van der Waals surface area (Å²) in [6, 6.07) is 13.5. The van der Waals surface area contributed by atoms with Crippen LogP contribution in [0.15, 0.2) is 68.8 Å². The summed E-state index contributed by atoms with van der Waals surface area (Å²) in [6.45, 7) is 1.59. The number of halogens is 1. The monoisotopic (exact) mass is 508 g/mol. The number of para-hydroxylation sites is 1. The first-order chi connectivity index (χ1) is 14.8. The molecule has 1 heterocycles. The predicted molar refractivity (Wildman–Crippen MR) is 114 cm³/mol. The SMILES string of the molecule is CCOC(=O)c1nn(-c2ccccc2)c(=O)cc1OS(=O)(=O)c1cc(Br)ccc1OC. The topological polar surface area (TPSA) is 114 Å². The highest BCUT2D eigenvalue weighted by Gasteiger charge is 2.28. The van der Waals surface area contributed by atoms with Crippen molar-refractivity contribution in [2.24, 2.45) is 0 Å². The molecule has 0 N–H and O–H groups in total. The fraction of sp³-hybridized carbons (Fsp3) is 0.150. The zero-order valence-electron chi connectivity index (χ0n) is 16.4. The molecule has 11 heteroatoms. The van der Waals surface area contributed by atoms with Crippen molar-refractivity contribution >= 4 is 32.0 Å². The lowest BCUT2D eigenvalue weighted by Crippen LogP contribution is -2.26. The molecule has 0 spiro atoms. The minimum absolute atomic E-state index is 0.0105. The van der Waals surface area contributed by atoms with E-state index in [0.29, 0.717) is 10.2 Å². The lowest BCUT2D eigenvalue weighted by atomic mass is 10.3. The van der Waals surface area contributed by atoms with Gasteiger partial charge in [-0.1, -0.05) is 34.1 Å². The van der Waals surface area contributed by atoms with Gasteiger partial charge in [0.15, 0.2) is 5.75 Å². The second-order valence-corrected chi connectivity index (χ2v) is 8.43. The van der Waals surface area contributed by atoms with Crippen molar-refractivity contribution in [3.05, 3.63) is 75.1 Å². The molecular formula is C20H17BrN2O7S. The van der Waals surface area contributed by atoms with E-state index in [2.05, 4.69) is 21.0 Å². The van der Waals surface area contributed by atoms with Crippen LogP contribution in [-0.4, -0.2) is 37.9 Å². The number of nitrogens with zero attached hydrogens (tertiary/aromatic N) is 2. The number of hydrogen-bond acceptors (Lipinski definition) is 8. The van der Waals surface area contributed by atoms with Crippen LogP contribution in [0.4, 0.5) is 0 Å². The molecule has 0 aliphatic carbocycles. The van der Waals surface area contributed by atoms with Gasteiger partial charge in [0.25, 0.3) is 5.56 Å². The van der Waals surface area contributed by atoms with Crippen molar-refractivity contribution in [1.29, 1.82) is 0 Å². The van der Waals surface area contributed by atoms with Crippen LogP contribution in [0.25, 0.3) is 5.69 Å². The summed E-state index contributed by atoms with van der Waals surface area (Å²) >= 11 is 3.19. The summed E-state index contributed by atoms with van der Waals surface area (Å²) in [5.41, 5.74) is -0.797. The first-order valence-corrected chi connectivity index (χ1v) is 11.1. The quantitative estimate of drug-likeness (QED) is 0.353. The molecule has 0 saturated heterocycles. The molecule has 0 radical (unpaired) electrons. The van der Waals surface area contributed by atoms with Crippen molar-refractivity contribution in [2.45, 2.75) is 11.8 Å². The Hall–Kier alpha value is -3.18. The van der Waals surface area contributed by atoms with Crippen LogP contribution in [0.2, 0.25) is 0 Å². The molecule has 0 aliphatic rings. The van der Waals surface area contributed by atoms with Gasteiger partial charge in [-0.3, -0.25) is 4.79 Å². The Balaban J connectivity index is 2.14. The zero-order chi connectivity index (χ0) is 22.6. The number of rotatable bonds is 7. The molecule has 3 rings (SSSR count). The van der Waals surface area contributed by atoms with E-state index >= 15 is 0 Å². The number of methoxy groups -OCH3 is 1. The fourth-order valence-corrected chi connectivity index (χ4v) is 4.24. The third-order valence-corrected chi connectivity index (χ3v) is 5.71. The van der Waals surface area contributed by atoms with E-state index < -0.39 is 33.1 Å². The first kappa shape index (κ1) is 22.5. The number of hydrogen-bond donors (Lipinski definition) is 0. The maximum Gasteiger partial charge on any atom is 0.362 e. The molecule has 0 amide bonds. The average molecular weight is 509 g/mol. The van der Waals surface area contributed by atoms with Crippen LogP contribution in [0.5, 0.6) is 11.5 Å². The molecule has 31 heavy (non-hydrogen) atoms. The molecule has 0 fully saturated rings. The van der Waals surface area contributed by atoms with Crippen LogP contribution >= 0.6 is 15.9 Å². The van der Waals surface area contributed by atoms with E-state index in [-0.39, 0.29) is 17.3 Å². The summed E-state index contributed by atoms with van der Waals surface area (Å²) in [5, 5.41) is 4.00. The number of ether oxygens (including phenoxy) is 2. The van der Waals surface area contributed by atoms with Crippen molar-refractivity contribution in [1.82, 2.24) is 9.78 Å². The van der Waals surface area contributed by atoms with Crippen molar-refractivity contribution in [3.8, 4) is 17.2 Å². The van der Waals surface area contributed by atoms with Crippen molar-refractivity contribution in [2.75, 3.05) is 13.7 Å². The average Bonchev–Trinajstić information content (AvgIpc) is 2.74. The Kier molecular flexibility index (Phi) is 6.76. The summed E-state index contributed by atoms with van der Waals surface area (Å²) in [5.74, 6) is -1.48. The molecular weight excluding hydrogens is 492 g/mol. The van der Waals surface area contributed by atoms with Gasteiger partial charge in [0, 0.05) is 4.47 Å². The van der Waals surface area contributed by atoms with Gasteiger partial charge in [-0.25, -0.2) is 4.79 Å². The molecule has 2 aromatic carbocycles. The van der Waals surface area contributed by atoms with Crippen molar-refractivity contribution in [3.63, 3.8) is 0 Å². The highest BCUT2D eigenvalue weighted by Crippen LogP contribution is 2.30. The number of carbonyl (C=O) groups excluding carboxylic acids is 1. The highest BCUT2D eigenvalue weighted by molar-refractivity contribution is 9.10. The first-order valence-electron chi connectivity index (χ1n) is 8.91. The van der Waals surface area contributed by atoms with E-state index in [4.69, 9.17) is 13.7 Å². The minimum atomic E-state index is -4.49. The molecule has 0 saturated carbocycles. The van der Waals surface area contributed by atoms with Gasteiger partial charge in [0.2, 0.25) is 5.69 Å². The number of esters is 1. The molecule has 0 unspecified atom stereocenters. The molecule has 3 aromatic rings. The Bertz CT molecular complexity index is 1270. The molecule has 0 aliphatic heterocycles. The fourth-order valence-electron chi connectivity index (χ4n) is 2.61. The lowest BCUT2D eigenvalue weighted by Gasteiger charge is -2.14. The van der Waals surface area contributed by atoms with E-state index in [1.54, 1.807) is 43.3 Å². The smallest absolute Gasteiger partial charge is 0.362 e. The second kappa shape index (κ2) is 9.31. The van der Waals surface area contributed by atoms with Gasteiger partial charge in [-0.2, -0.15) is 18.2 Å². The second-order valence-electron chi connectivity index (χ2n) is 6.00. The minimum Gasteiger partial charge on any atom is -0.495 e. The van der Waals surface area contributed by atoms with Gasteiger partial charge in [0.05, 0.1) is 25.5 Å². The third-order valence-electron chi connectivity index (χ3n) is 3.96. The standard InChI is InChI=1S/C20H17BrN2O7S/c1-3-29-20(25)19-16(12-18(24)23(22-19)14-7-5-4-6-8-14)30-31(26,27)17-11-13(21)9-10-15(17)28-2/h4-12H,3H2,1-2H3. The molecule has 1 aromatic heterocycles. The summed E-state index contributed by atoms with van der Waals surface area (Å²) in [7, 11) is -3.19. The van der Waals surface area contributed by atoms with Gasteiger partial charge in [0.1, 0.15) is 10.6 Å². The normalized spacial score (nSPS) is 11.1. The largest absolute Gasteiger partial charge is 0.495 e. The van der Waals surface area contributed by atoms with Crippen molar-refractivity contribution < 1.29 is 26.9 Å². The maximum atomic E-state index is 12.9. The van der Waals surface area contributed by atoms with Gasteiger partial charge in [-0.05, 0) is 37.3 Å². The van der Waals surface area contributed by atoms with Gasteiger partial charge in [-0.15, -0.1) is 0 Å². The molecule has 9 nitrogen and oxygen atoms in total. The molecule has 0 atom stereocenters. The van der Waals surface area contributed by atoms with E-state index in [0.717, 1.165) is 10.7 Å². The van der Waals surface area contributed by atoms with E-state index in [1.807, 2.05) is 0 Å². The van der Waals surface area contributed by atoms with Crippen LogP contribution in [0, 0.1) is 0 Å². The zero-order valence-corrected chi connectivity index (χ0v) is 18.8. The van der Waals surface area contributed by atoms with Crippen LogP contribution in [0.1, 0.15) is 17.4 Å². The lowest BCUT2D eigenvalue weighted by molar-refractivity contribution is 0.0515. The van der Waals surface area contributed by atoms with E-state index in [1.165, 1.54) is 19.2 Å². The predicted octanol–water partition coefficient (Wildman–Crippen LogP) is 2.95. The highest BCUT2D eigenvalue weighted by atomic mass is 79.9. The number of carbonyl (C=O) groups is 1. The Labute approximate surface area is 186 Å². The maximum absolute atomic E-state index is 12.9. The summed E-state index contributed by atoms with van der Waals surface area (Å²) < 4.78 is 42.4. The van der Waals surface area contributed by atoms with Crippen LogP contribution in [-0.2, 0) is 14.9 Å². The number of aromatic nitrogens is 2. The Morgan fingerprint density at radius 2 is 1.81 bits per heavy atom. The number of benzene rings is 2. The summed E-state index contributed by atoms with van der Waals surface area (Å²) in [4.78, 5) is 24.8. The third kappa shape index (κ3) is 4.94. The van der Waals surface area contributed by atoms with E-state index in [9.17, 15) is 18.0 Å². The Morgan fingerprint density at radius 3 is 2.45 bits per heavy atom. The van der Waals surface area contributed by atoms with Gasteiger partial charge >= 0.3 is 16.1 Å². The molecule has 162 valence electrons. The molecule has 0 bridgehead atoms. The van der Waals surface area contributed by atoms with Gasteiger partial charge < -0.3 is 13.7 Å². The van der Waals surface area contributed by atoms with Crippen LogP contribution in [0.3, 0.4) is 0 Å².